The van der Waals surface area contributed by atoms with Gasteiger partial charge < -0.3 is 4.90 Å². The second-order valence-corrected chi connectivity index (χ2v) is 2.18. The predicted octanol–water partition coefficient (Wildman–Crippen LogP) is -1.73. The van der Waals surface area contributed by atoms with Gasteiger partial charge in [-0.3, -0.25) is 7.05 Å². The van der Waals surface area contributed by atoms with Crippen LogP contribution in [0.15, 0.2) is 0 Å². The van der Waals surface area contributed by atoms with Crippen LogP contribution in [0, 0.1) is 7.05 Å². The Bertz CT molecular complexity index is 50.5. The van der Waals surface area contributed by atoms with E-state index >= 15 is 0 Å². The van der Waals surface area contributed by atoms with Gasteiger partial charge in [-0.1, -0.05) is 6.42 Å². The molecule has 0 saturated carbocycles. The first-order chi connectivity index (χ1) is 3.39. The summed E-state index contributed by atoms with van der Waals surface area (Å²) in [4.78, 5) is 2.14. The zero-order valence-corrected chi connectivity index (χ0v) is 5.69. The Morgan fingerprint density at radius 1 is 1.00 bits per heavy atom. The number of hydrogen-bond acceptors (Lipinski definition) is 1. The minimum atomic E-state index is 0. The Morgan fingerprint density at radius 2 is 1.50 bits per heavy atom. The van der Waals surface area contributed by atoms with E-state index in [2.05, 4.69) is 11.9 Å². The molecular formula is C6H12LiN. The molecule has 0 aromatic rings. The molecule has 0 bridgehead atoms. The third-order valence-electron chi connectivity index (χ3n) is 1.45. The van der Waals surface area contributed by atoms with Crippen molar-refractivity contribution in [3.63, 3.8) is 0 Å². The Balaban J connectivity index is 0.000000490. The molecule has 1 nitrogen and oxygen atoms in total. The van der Waals surface area contributed by atoms with E-state index in [-0.39, 0.29) is 18.9 Å². The summed E-state index contributed by atoms with van der Waals surface area (Å²) in [5.74, 6) is 0. The molecule has 1 fully saturated rings. The van der Waals surface area contributed by atoms with Crippen molar-refractivity contribution in [3.05, 3.63) is 7.05 Å². The molecule has 0 aromatic carbocycles. The number of likely N-dealkylation sites (tertiary alicyclic amines) is 1. The van der Waals surface area contributed by atoms with Crippen LogP contribution in [0.3, 0.4) is 0 Å². The molecular weight excluding hydrogens is 93.0 g/mol. The minimum Gasteiger partial charge on any atom is -0.459 e. The van der Waals surface area contributed by atoms with Crippen LogP contribution in [0.5, 0.6) is 0 Å². The van der Waals surface area contributed by atoms with Crippen molar-refractivity contribution in [2.45, 2.75) is 19.3 Å². The summed E-state index contributed by atoms with van der Waals surface area (Å²) in [5, 5.41) is 0. The van der Waals surface area contributed by atoms with Gasteiger partial charge in [-0.15, -0.1) is 0 Å². The van der Waals surface area contributed by atoms with E-state index in [0.29, 0.717) is 0 Å². The van der Waals surface area contributed by atoms with Crippen LogP contribution in [-0.2, 0) is 0 Å². The van der Waals surface area contributed by atoms with E-state index in [9.17, 15) is 0 Å². The van der Waals surface area contributed by atoms with Gasteiger partial charge in [-0.2, -0.15) is 0 Å². The molecule has 0 aromatic heterocycles. The van der Waals surface area contributed by atoms with Crippen molar-refractivity contribution in [2.24, 2.45) is 0 Å². The van der Waals surface area contributed by atoms with Gasteiger partial charge in [0, 0.05) is 0 Å². The Hall–Kier alpha value is 0.557. The number of hydrogen-bond donors (Lipinski definition) is 0. The normalized spacial score (nSPS) is 22.1. The largest absolute Gasteiger partial charge is 1.00 e. The van der Waals surface area contributed by atoms with Gasteiger partial charge in [0.1, 0.15) is 0 Å². The number of rotatable bonds is 0. The maximum atomic E-state index is 3.83. The standard InChI is InChI=1S/C6H12N.Li/c1-7-5-3-2-4-6-7;/h1-6H2;/q-1;+1. The van der Waals surface area contributed by atoms with Gasteiger partial charge >= 0.3 is 18.9 Å². The third kappa shape index (κ3) is 2.77. The molecule has 0 unspecified atom stereocenters. The topological polar surface area (TPSA) is 3.24 Å². The zero-order chi connectivity index (χ0) is 5.11. The predicted molar refractivity (Wildman–Crippen MR) is 30.8 cm³/mol. The molecule has 1 aliphatic heterocycles. The van der Waals surface area contributed by atoms with Crippen LogP contribution >= 0.6 is 0 Å². The summed E-state index contributed by atoms with van der Waals surface area (Å²) >= 11 is 0. The van der Waals surface area contributed by atoms with E-state index in [4.69, 9.17) is 0 Å². The summed E-state index contributed by atoms with van der Waals surface area (Å²) in [6.07, 6.45) is 4.11. The fraction of sp³-hybridized carbons (Fsp3) is 0.833. The zero-order valence-electron chi connectivity index (χ0n) is 5.69. The SMILES string of the molecule is [CH2-]N1CCCCC1.[Li+]. The summed E-state index contributed by atoms with van der Waals surface area (Å²) in [6.45, 7) is 2.42. The van der Waals surface area contributed by atoms with Crippen LogP contribution in [0.2, 0.25) is 0 Å². The van der Waals surface area contributed by atoms with Gasteiger partial charge in [-0.25, -0.2) is 0 Å². The van der Waals surface area contributed by atoms with Crippen LogP contribution in [0.4, 0.5) is 0 Å². The third-order valence-corrected chi connectivity index (χ3v) is 1.45. The Morgan fingerprint density at radius 3 is 1.75 bits per heavy atom. The summed E-state index contributed by atoms with van der Waals surface area (Å²) < 4.78 is 0. The van der Waals surface area contributed by atoms with E-state index < -0.39 is 0 Å². The smallest absolute Gasteiger partial charge is 0.459 e. The molecule has 0 spiro atoms. The monoisotopic (exact) mass is 105 g/mol. The molecule has 1 aliphatic rings. The molecule has 0 atom stereocenters. The molecule has 1 saturated heterocycles. The summed E-state index contributed by atoms with van der Waals surface area (Å²) in [7, 11) is 3.83. The molecule has 1 rings (SSSR count). The van der Waals surface area contributed by atoms with Gasteiger partial charge in [0.25, 0.3) is 0 Å². The fourth-order valence-corrected chi connectivity index (χ4v) is 0.959. The molecule has 0 radical (unpaired) electrons. The summed E-state index contributed by atoms with van der Waals surface area (Å²) in [5.41, 5.74) is 0. The Kier molecular flexibility index (Phi) is 4.75. The van der Waals surface area contributed by atoms with Crippen LogP contribution in [0.25, 0.3) is 0 Å². The molecule has 42 valence electrons. The van der Waals surface area contributed by atoms with E-state index in [1.54, 1.807) is 0 Å². The second kappa shape index (κ2) is 4.44. The van der Waals surface area contributed by atoms with E-state index in [1.807, 2.05) is 0 Å². The molecule has 0 aliphatic carbocycles. The van der Waals surface area contributed by atoms with Gasteiger partial charge in [0.05, 0.1) is 0 Å². The molecule has 1 heterocycles. The van der Waals surface area contributed by atoms with Crippen LogP contribution < -0.4 is 18.9 Å². The number of piperidine rings is 1. The van der Waals surface area contributed by atoms with Crippen LogP contribution in [-0.4, -0.2) is 18.0 Å². The molecule has 0 amide bonds. The van der Waals surface area contributed by atoms with Gasteiger partial charge in [0.2, 0.25) is 0 Å². The molecule has 8 heavy (non-hydrogen) atoms. The number of nitrogens with zero attached hydrogens (tertiary/aromatic N) is 1. The van der Waals surface area contributed by atoms with E-state index in [0.717, 1.165) is 0 Å². The van der Waals surface area contributed by atoms with Gasteiger partial charge in [-0.05, 0) is 25.9 Å². The first-order valence-electron chi connectivity index (χ1n) is 2.95. The van der Waals surface area contributed by atoms with Gasteiger partial charge in [0.15, 0.2) is 0 Å². The maximum absolute atomic E-state index is 3.83. The first-order valence-corrected chi connectivity index (χ1v) is 2.95. The molecule has 0 N–H and O–H groups in total. The molecule has 2 heteroatoms. The van der Waals surface area contributed by atoms with Crippen molar-refractivity contribution in [1.82, 2.24) is 4.90 Å². The second-order valence-electron chi connectivity index (χ2n) is 2.18. The van der Waals surface area contributed by atoms with Crippen molar-refractivity contribution >= 4 is 0 Å². The quantitative estimate of drug-likeness (QED) is 0.261. The average molecular weight is 105 g/mol. The maximum Gasteiger partial charge on any atom is 1.00 e. The summed E-state index contributed by atoms with van der Waals surface area (Å²) in [6, 6.07) is 0. The van der Waals surface area contributed by atoms with Crippen molar-refractivity contribution in [1.29, 1.82) is 0 Å². The first kappa shape index (κ1) is 8.56. The van der Waals surface area contributed by atoms with Crippen molar-refractivity contribution in [3.8, 4) is 0 Å². The average Bonchev–Trinajstić information content (AvgIpc) is 1.69. The van der Waals surface area contributed by atoms with E-state index in [1.165, 1.54) is 32.4 Å². The Labute approximate surface area is 63.6 Å². The van der Waals surface area contributed by atoms with Crippen molar-refractivity contribution < 1.29 is 18.9 Å². The van der Waals surface area contributed by atoms with Crippen LogP contribution in [0.1, 0.15) is 19.3 Å². The fourth-order valence-electron chi connectivity index (χ4n) is 0.959. The minimum absolute atomic E-state index is 0. The van der Waals surface area contributed by atoms with Crippen molar-refractivity contribution in [2.75, 3.05) is 13.1 Å².